The van der Waals surface area contributed by atoms with Gasteiger partial charge in [0, 0.05) is 10.5 Å². The van der Waals surface area contributed by atoms with Gasteiger partial charge in [-0.3, -0.25) is 0 Å². The smallest absolute Gasteiger partial charge is 0.224 e. The van der Waals surface area contributed by atoms with E-state index in [0.29, 0.717) is 17.7 Å². The van der Waals surface area contributed by atoms with E-state index in [0.717, 1.165) is 11.1 Å². The molecule has 1 unspecified atom stereocenters. The van der Waals surface area contributed by atoms with Crippen molar-refractivity contribution in [2.24, 2.45) is 0 Å². The number of rotatable bonds is 9. The zero-order chi connectivity index (χ0) is 20.1. The lowest BCUT2D eigenvalue weighted by Crippen LogP contribution is -2.26. The highest BCUT2D eigenvalue weighted by atomic mass is 127. The fourth-order valence-electron chi connectivity index (χ4n) is 2.49. The second kappa shape index (κ2) is 9.49. The molecule has 0 aliphatic rings. The van der Waals surface area contributed by atoms with Crippen LogP contribution < -0.4 is 4.72 Å². The second-order valence-corrected chi connectivity index (χ2v) is 12.1. The van der Waals surface area contributed by atoms with Crippen molar-refractivity contribution in [2.45, 2.75) is 40.4 Å². The molecule has 0 aliphatic heterocycles. The van der Waals surface area contributed by atoms with E-state index in [9.17, 15) is 16.8 Å². The van der Waals surface area contributed by atoms with Gasteiger partial charge >= 0.3 is 0 Å². The van der Waals surface area contributed by atoms with Gasteiger partial charge in [0.05, 0.1) is 15.5 Å². The number of nitrogens with one attached hydrogen (secondary N) is 1. The van der Waals surface area contributed by atoms with Crippen LogP contribution in [0, 0.1) is 13.8 Å². The normalized spacial score (nSPS) is 13.4. The van der Waals surface area contributed by atoms with Gasteiger partial charge in [0.2, 0.25) is 10.0 Å². The molecule has 2 aromatic rings. The quantitative estimate of drug-likeness (QED) is 0.311. The van der Waals surface area contributed by atoms with Gasteiger partial charge < -0.3 is 0 Å². The van der Waals surface area contributed by atoms with Crippen LogP contribution in [0.5, 0.6) is 0 Å². The average molecular weight is 521 g/mol. The van der Waals surface area contributed by atoms with Crippen LogP contribution in [0.15, 0.2) is 58.3 Å². The summed E-state index contributed by atoms with van der Waals surface area (Å²) >= 11 is 2.12. The summed E-state index contributed by atoms with van der Waals surface area (Å²) in [5, 5.41) is 0. The molecule has 2 aromatic carbocycles. The zero-order valence-electron chi connectivity index (χ0n) is 15.4. The molecule has 148 valence electrons. The van der Waals surface area contributed by atoms with Gasteiger partial charge in [0.1, 0.15) is 0 Å². The number of hydrogen-bond acceptors (Lipinski definition) is 4. The summed E-state index contributed by atoms with van der Waals surface area (Å²) in [5.74, 6) is 0.0430. The predicted octanol–water partition coefficient (Wildman–Crippen LogP) is 3.64. The van der Waals surface area contributed by atoms with Crippen molar-refractivity contribution in [2.75, 3.05) is 12.3 Å². The molecule has 27 heavy (non-hydrogen) atoms. The summed E-state index contributed by atoms with van der Waals surface area (Å²) in [6.07, 6.45) is 1.18. The van der Waals surface area contributed by atoms with Crippen molar-refractivity contribution in [3.05, 3.63) is 59.7 Å². The van der Waals surface area contributed by atoms with E-state index in [2.05, 4.69) is 27.3 Å². The lowest BCUT2D eigenvalue weighted by molar-refractivity contribution is 0.574. The third kappa shape index (κ3) is 6.85. The first-order valence-corrected chi connectivity index (χ1v) is 13.0. The number of benzene rings is 2. The monoisotopic (exact) mass is 521 g/mol. The SMILES string of the molecule is Cc1ccc(S(=O)(=O)CC(I)CCCNS(=O)(=O)c2ccc(C)cc2)cc1. The lowest BCUT2D eigenvalue weighted by atomic mass is 10.2. The number of hydrogen-bond donors (Lipinski definition) is 1. The molecule has 8 heteroatoms. The predicted molar refractivity (Wildman–Crippen MR) is 117 cm³/mol. The third-order valence-electron chi connectivity index (χ3n) is 4.10. The lowest BCUT2D eigenvalue weighted by Gasteiger charge is -2.12. The van der Waals surface area contributed by atoms with Crippen LogP contribution in [0.1, 0.15) is 24.0 Å². The molecule has 0 aliphatic carbocycles. The van der Waals surface area contributed by atoms with Gasteiger partial charge in [-0.05, 0) is 51.0 Å². The molecule has 0 saturated heterocycles. The van der Waals surface area contributed by atoms with E-state index >= 15 is 0 Å². The Bertz CT molecular complexity index is 954. The van der Waals surface area contributed by atoms with Crippen LogP contribution in [0.2, 0.25) is 0 Å². The Morgan fingerprint density at radius 2 is 1.33 bits per heavy atom. The first-order valence-electron chi connectivity index (χ1n) is 8.60. The molecule has 0 spiro atoms. The van der Waals surface area contributed by atoms with Crippen LogP contribution in [0.3, 0.4) is 0 Å². The maximum Gasteiger partial charge on any atom is 0.240 e. The van der Waals surface area contributed by atoms with Crippen LogP contribution in [0.4, 0.5) is 0 Å². The summed E-state index contributed by atoms with van der Waals surface area (Å²) in [5.41, 5.74) is 2.01. The molecule has 5 nitrogen and oxygen atoms in total. The largest absolute Gasteiger partial charge is 0.240 e. The Labute approximate surface area is 175 Å². The highest BCUT2D eigenvalue weighted by molar-refractivity contribution is 14.1. The molecule has 1 atom stereocenters. The van der Waals surface area contributed by atoms with Gasteiger partial charge in [-0.1, -0.05) is 58.0 Å². The summed E-state index contributed by atoms with van der Waals surface area (Å²) in [7, 11) is -6.86. The van der Waals surface area contributed by atoms with Crippen molar-refractivity contribution >= 4 is 42.5 Å². The molecule has 0 fully saturated rings. The fraction of sp³-hybridized carbons (Fsp3) is 0.368. The Kier molecular flexibility index (Phi) is 7.84. The van der Waals surface area contributed by atoms with Gasteiger partial charge in [-0.25, -0.2) is 21.6 Å². The van der Waals surface area contributed by atoms with Gasteiger partial charge in [-0.2, -0.15) is 0 Å². The number of sulfone groups is 1. The first-order chi connectivity index (χ1) is 12.6. The van der Waals surface area contributed by atoms with Crippen molar-refractivity contribution in [3.8, 4) is 0 Å². The third-order valence-corrected chi connectivity index (χ3v) is 9.07. The van der Waals surface area contributed by atoms with Gasteiger partial charge in [0.15, 0.2) is 9.84 Å². The maximum absolute atomic E-state index is 12.4. The minimum atomic E-state index is -3.53. The number of aryl methyl sites for hydroxylation is 2. The van der Waals surface area contributed by atoms with E-state index < -0.39 is 19.9 Å². The molecule has 0 aromatic heterocycles. The molecular weight excluding hydrogens is 497 g/mol. The van der Waals surface area contributed by atoms with Crippen molar-refractivity contribution in [1.82, 2.24) is 4.72 Å². The van der Waals surface area contributed by atoms with E-state index in [4.69, 9.17) is 0 Å². The molecule has 0 amide bonds. The molecule has 0 bridgehead atoms. The van der Waals surface area contributed by atoms with Crippen LogP contribution in [-0.4, -0.2) is 33.1 Å². The minimum Gasteiger partial charge on any atom is -0.224 e. The van der Waals surface area contributed by atoms with Gasteiger partial charge in [-0.15, -0.1) is 0 Å². The summed E-state index contributed by atoms with van der Waals surface area (Å²) in [4.78, 5) is 0.566. The van der Waals surface area contributed by atoms with E-state index in [1.54, 1.807) is 48.5 Å². The van der Waals surface area contributed by atoms with Crippen molar-refractivity contribution in [3.63, 3.8) is 0 Å². The zero-order valence-corrected chi connectivity index (χ0v) is 19.1. The summed E-state index contributed by atoms with van der Waals surface area (Å²) in [6.45, 7) is 4.09. The fourth-order valence-corrected chi connectivity index (χ4v) is 6.81. The molecule has 0 radical (unpaired) electrons. The maximum atomic E-state index is 12.4. The highest BCUT2D eigenvalue weighted by Crippen LogP contribution is 2.19. The van der Waals surface area contributed by atoms with Crippen LogP contribution in [0.25, 0.3) is 0 Å². The van der Waals surface area contributed by atoms with Crippen molar-refractivity contribution < 1.29 is 16.8 Å². The Hall–Kier alpha value is -0.970. The minimum absolute atomic E-state index is 0.0430. The Balaban J connectivity index is 1.82. The molecule has 0 saturated carbocycles. The van der Waals surface area contributed by atoms with Crippen LogP contribution >= 0.6 is 22.6 Å². The number of halogens is 1. The van der Waals surface area contributed by atoms with Crippen molar-refractivity contribution in [1.29, 1.82) is 0 Å². The summed E-state index contributed by atoms with van der Waals surface area (Å²) < 4.78 is 51.8. The average Bonchev–Trinajstić information content (AvgIpc) is 2.59. The van der Waals surface area contributed by atoms with E-state index in [1.165, 1.54) is 0 Å². The topological polar surface area (TPSA) is 80.3 Å². The Morgan fingerprint density at radius 3 is 1.85 bits per heavy atom. The highest BCUT2D eigenvalue weighted by Gasteiger charge is 2.19. The Morgan fingerprint density at radius 1 is 0.852 bits per heavy atom. The molecule has 1 N–H and O–H groups in total. The first kappa shape index (κ1) is 22.3. The molecule has 0 heterocycles. The molecular formula is C19H24INO4S2. The van der Waals surface area contributed by atoms with E-state index in [-0.39, 0.29) is 21.1 Å². The molecule has 2 rings (SSSR count). The van der Waals surface area contributed by atoms with Gasteiger partial charge in [0.25, 0.3) is 0 Å². The number of alkyl halides is 1. The van der Waals surface area contributed by atoms with E-state index in [1.807, 2.05) is 13.8 Å². The summed E-state index contributed by atoms with van der Waals surface area (Å²) in [6, 6.07) is 13.5. The number of sulfonamides is 1. The van der Waals surface area contributed by atoms with Crippen LogP contribution in [-0.2, 0) is 19.9 Å². The standard InChI is InChI=1S/C19H24INO4S2/c1-15-5-9-18(10-6-15)26(22,23)14-17(20)4-3-13-21-27(24,25)19-11-7-16(2)8-12-19/h5-12,17,21H,3-4,13-14H2,1-2H3. The second-order valence-electron chi connectivity index (χ2n) is 6.54.